The summed E-state index contributed by atoms with van der Waals surface area (Å²) in [4.78, 5) is 10.8. The molecular formula is C8H6N2O. The summed E-state index contributed by atoms with van der Waals surface area (Å²) in [6.07, 6.45) is 0. The Morgan fingerprint density at radius 3 is 3.00 bits per heavy atom. The van der Waals surface area contributed by atoms with Crippen molar-refractivity contribution in [2.24, 2.45) is 0 Å². The molecule has 2 rings (SSSR count). The zero-order valence-corrected chi connectivity index (χ0v) is 5.74. The van der Waals surface area contributed by atoms with Crippen molar-refractivity contribution in [3.05, 3.63) is 40.7 Å². The summed E-state index contributed by atoms with van der Waals surface area (Å²) in [7, 11) is 0. The molecule has 1 heterocycles. The van der Waals surface area contributed by atoms with Crippen LogP contribution in [0.5, 0.6) is 0 Å². The Kier molecular flexibility index (Phi) is 1.22. The summed E-state index contributed by atoms with van der Waals surface area (Å²) < 4.78 is 0. The summed E-state index contributed by atoms with van der Waals surface area (Å²) in [5.74, 6) is 0. The lowest BCUT2D eigenvalue weighted by Gasteiger charge is -1.91. The van der Waals surface area contributed by atoms with E-state index in [4.69, 9.17) is 0 Å². The van der Waals surface area contributed by atoms with Gasteiger partial charge in [-0.05, 0) is 6.07 Å². The molecule has 3 nitrogen and oxygen atoms in total. The molecule has 0 aliphatic heterocycles. The van der Waals surface area contributed by atoms with E-state index >= 15 is 0 Å². The lowest BCUT2D eigenvalue weighted by atomic mass is 10.2. The predicted molar refractivity (Wildman–Crippen MR) is 42.4 cm³/mol. The van der Waals surface area contributed by atoms with Gasteiger partial charge in [-0.3, -0.25) is 4.79 Å². The van der Waals surface area contributed by atoms with Crippen LogP contribution < -0.4 is 5.56 Å². The number of H-pyrrole nitrogens is 1. The highest BCUT2D eigenvalue weighted by Gasteiger charge is 1.91. The third kappa shape index (κ3) is 1.00. The molecule has 0 fully saturated rings. The average molecular weight is 146 g/mol. The van der Waals surface area contributed by atoms with Crippen LogP contribution in [0.4, 0.5) is 0 Å². The van der Waals surface area contributed by atoms with Crippen LogP contribution >= 0.6 is 0 Å². The second-order valence-electron chi connectivity index (χ2n) is 2.29. The van der Waals surface area contributed by atoms with E-state index in [-0.39, 0.29) is 5.56 Å². The number of rotatable bonds is 0. The maximum absolute atomic E-state index is 10.8. The summed E-state index contributed by atoms with van der Waals surface area (Å²) >= 11 is 0. The summed E-state index contributed by atoms with van der Waals surface area (Å²) in [6, 6.07) is 9.00. The number of para-hydroxylation sites is 1. The molecular weight excluding hydrogens is 140 g/mol. The molecule has 3 heteroatoms. The van der Waals surface area contributed by atoms with Crippen molar-refractivity contribution in [2.45, 2.75) is 0 Å². The molecule has 54 valence electrons. The third-order valence-electron chi connectivity index (χ3n) is 1.51. The molecule has 0 saturated heterocycles. The molecule has 1 aromatic heterocycles. The molecule has 2 aromatic rings. The van der Waals surface area contributed by atoms with Crippen LogP contribution in [0.3, 0.4) is 0 Å². The highest BCUT2D eigenvalue weighted by molar-refractivity contribution is 5.77. The van der Waals surface area contributed by atoms with Crippen molar-refractivity contribution in [1.29, 1.82) is 0 Å². The quantitative estimate of drug-likeness (QED) is 0.600. The molecule has 11 heavy (non-hydrogen) atoms. The average Bonchev–Trinajstić information content (AvgIpc) is 2.04. The van der Waals surface area contributed by atoms with Crippen LogP contribution in [0.2, 0.25) is 0 Å². The maximum atomic E-state index is 10.8. The highest BCUT2D eigenvalue weighted by Crippen LogP contribution is 2.04. The first-order valence-corrected chi connectivity index (χ1v) is 3.31. The second kappa shape index (κ2) is 2.20. The topological polar surface area (TPSA) is 45.8 Å². The Morgan fingerprint density at radius 2 is 2.09 bits per heavy atom. The number of nitrogens with zero attached hydrogens (tertiary/aromatic N) is 1. The van der Waals surface area contributed by atoms with Crippen molar-refractivity contribution in [1.82, 2.24) is 10.2 Å². The van der Waals surface area contributed by atoms with Gasteiger partial charge in [-0.15, -0.1) is 0 Å². The Balaban J connectivity index is 2.94. The summed E-state index contributed by atoms with van der Waals surface area (Å²) in [5, 5.41) is 7.08. The zero-order valence-electron chi connectivity index (χ0n) is 5.74. The van der Waals surface area contributed by atoms with E-state index < -0.39 is 0 Å². The lowest BCUT2D eigenvalue weighted by Crippen LogP contribution is -2.04. The van der Waals surface area contributed by atoms with Crippen molar-refractivity contribution in [2.75, 3.05) is 0 Å². The monoisotopic (exact) mass is 146 g/mol. The smallest absolute Gasteiger partial charge is 0.264 e. The first-order chi connectivity index (χ1) is 5.36. The number of fused-ring (bicyclic) bond motifs is 1. The minimum Gasteiger partial charge on any atom is -0.268 e. The Labute approximate surface area is 62.7 Å². The molecule has 1 aromatic carbocycles. The largest absolute Gasteiger partial charge is 0.268 e. The Hall–Kier alpha value is -1.64. The standard InChI is InChI=1S/C8H6N2O/c11-8-5-6-3-1-2-4-7(6)9-10-8/h1-5H,(H,10,11). The zero-order chi connectivity index (χ0) is 7.68. The normalized spacial score (nSPS) is 10.2. The number of benzene rings is 1. The molecule has 0 bridgehead atoms. The van der Waals surface area contributed by atoms with Gasteiger partial charge in [0.05, 0.1) is 5.52 Å². The lowest BCUT2D eigenvalue weighted by molar-refractivity contribution is 1.03. The SMILES string of the molecule is O=c1cc2ccccc2n[nH]1. The third-order valence-corrected chi connectivity index (χ3v) is 1.51. The van der Waals surface area contributed by atoms with Gasteiger partial charge < -0.3 is 0 Å². The van der Waals surface area contributed by atoms with Crippen molar-refractivity contribution in [3.8, 4) is 0 Å². The van der Waals surface area contributed by atoms with E-state index in [0.717, 1.165) is 10.9 Å². The number of nitrogens with one attached hydrogen (secondary N) is 1. The minimum absolute atomic E-state index is 0.163. The first-order valence-electron chi connectivity index (χ1n) is 3.31. The summed E-state index contributed by atoms with van der Waals surface area (Å²) in [5.41, 5.74) is 0.649. The van der Waals surface area contributed by atoms with Gasteiger partial charge in [-0.2, -0.15) is 5.10 Å². The van der Waals surface area contributed by atoms with E-state index in [1.54, 1.807) is 0 Å². The number of hydrogen-bond donors (Lipinski definition) is 1. The predicted octanol–water partition coefficient (Wildman–Crippen LogP) is 0.923. The fraction of sp³-hybridized carbons (Fsp3) is 0. The van der Waals surface area contributed by atoms with Crippen molar-refractivity contribution < 1.29 is 0 Å². The highest BCUT2D eigenvalue weighted by atomic mass is 16.1. The minimum atomic E-state index is -0.163. The van der Waals surface area contributed by atoms with Gasteiger partial charge in [0.25, 0.3) is 5.56 Å². The van der Waals surface area contributed by atoms with Crippen LogP contribution in [0.25, 0.3) is 10.9 Å². The molecule has 0 aliphatic carbocycles. The molecule has 0 aliphatic rings. The van der Waals surface area contributed by atoms with E-state index in [2.05, 4.69) is 10.2 Å². The molecule has 0 spiro atoms. The van der Waals surface area contributed by atoms with Gasteiger partial charge in [0.1, 0.15) is 0 Å². The van der Waals surface area contributed by atoms with Crippen molar-refractivity contribution in [3.63, 3.8) is 0 Å². The molecule has 1 N–H and O–H groups in total. The fourth-order valence-corrected chi connectivity index (χ4v) is 1.00. The van der Waals surface area contributed by atoms with E-state index in [9.17, 15) is 4.79 Å². The van der Waals surface area contributed by atoms with E-state index in [1.807, 2.05) is 24.3 Å². The molecule has 0 unspecified atom stereocenters. The molecule has 0 atom stereocenters. The fourth-order valence-electron chi connectivity index (χ4n) is 1.00. The second-order valence-corrected chi connectivity index (χ2v) is 2.29. The first kappa shape index (κ1) is 6.09. The van der Waals surface area contributed by atoms with E-state index in [1.165, 1.54) is 6.07 Å². The van der Waals surface area contributed by atoms with Crippen molar-refractivity contribution >= 4 is 10.9 Å². The van der Waals surface area contributed by atoms with Gasteiger partial charge in [-0.25, -0.2) is 5.10 Å². The van der Waals surface area contributed by atoms with Gasteiger partial charge in [0.15, 0.2) is 0 Å². The van der Waals surface area contributed by atoms with Gasteiger partial charge in [0.2, 0.25) is 0 Å². The summed E-state index contributed by atoms with van der Waals surface area (Å²) in [6.45, 7) is 0. The number of hydrogen-bond acceptors (Lipinski definition) is 2. The van der Waals surface area contributed by atoms with Crippen LogP contribution in [-0.2, 0) is 0 Å². The van der Waals surface area contributed by atoms with E-state index in [0.29, 0.717) is 0 Å². The molecule has 0 radical (unpaired) electrons. The van der Waals surface area contributed by atoms with Crippen LogP contribution in [0.15, 0.2) is 35.1 Å². The number of aromatic nitrogens is 2. The maximum Gasteiger partial charge on any atom is 0.264 e. The molecule has 0 saturated carbocycles. The molecule has 0 amide bonds. The number of aromatic amines is 1. The Morgan fingerprint density at radius 1 is 1.27 bits per heavy atom. The van der Waals surface area contributed by atoms with Gasteiger partial charge in [0, 0.05) is 11.5 Å². The van der Waals surface area contributed by atoms with Crippen LogP contribution in [0.1, 0.15) is 0 Å². The van der Waals surface area contributed by atoms with Gasteiger partial charge in [-0.1, -0.05) is 18.2 Å². The van der Waals surface area contributed by atoms with Gasteiger partial charge >= 0.3 is 0 Å². The van der Waals surface area contributed by atoms with Crippen LogP contribution in [0, 0.1) is 0 Å². The Bertz CT molecular complexity index is 433. The van der Waals surface area contributed by atoms with Crippen LogP contribution in [-0.4, -0.2) is 10.2 Å².